The van der Waals surface area contributed by atoms with Crippen LogP contribution in [0.2, 0.25) is 0 Å². The lowest BCUT2D eigenvalue weighted by atomic mass is 9.80. The van der Waals surface area contributed by atoms with E-state index in [1.807, 2.05) is 36.4 Å². The number of amides is 1. The van der Waals surface area contributed by atoms with E-state index in [4.69, 9.17) is 0 Å². The summed E-state index contributed by atoms with van der Waals surface area (Å²) in [5.74, 6) is 0.347. The Balaban J connectivity index is 1.49. The lowest BCUT2D eigenvalue weighted by Gasteiger charge is -2.33. The minimum atomic E-state index is -0.212. The third-order valence-electron chi connectivity index (χ3n) is 5.74. The van der Waals surface area contributed by atoms with Gasteiger partial charge in [0.05, 0.1) is 11.6 Å². The number of pyridine rings is 1. The number of nitrogens with zero attached hydrogens (tertiary/aromatic N) is 2. The number of anilines is 1. The summed E-state index contributed by atoms with van der Waals surface area (Å²) >= 11 is 0. The Bertz CT molecular complexity index is 1120. The molecule has 0 spiro atoms. The van der Waals surface area contributed by atoms with Crippen LogP contribution in [0.1, 0.15) is 45.1 Å². The zero-order chi connectivity index (χ0) is 21.6. The van der Waals surface area contributed by atoms with Crippen LogP contribution in [0.15, 0.2) is 66.9 Å². The molecule has 4 rings (SSSR count). The minimum Gasteiger partial charge on any atom is -0.396 e. The maximum absolute atomic E-state index is 13.0. The van der Waals surface area contributed by atoms with Gasteiger partial charge in [0.1, 0.15) is 11.9 Å². The minimum absolute atomic E-state index is 0.00254. The lowest BCUT2D eigenvalue weighted by Crippen LogP contribution is -2.37. The largest absolute Gasteiger partial charge is 0.396 e. The molecule has 1 aliphatic carbocycles. The lowest BCUT2D eigenvalue weighted by molar-refractivity contribution is 0.0893. The van der Waals surface area contributed by atoms with Crippen LogP contribution < -0.4 is 10.6 Å². The van der Waals surface area contributed by atoms with Crippen molar-refractivity contribution >= 4 is 11.7 Å². The standard InChI is InChI=1S/C25H24N4O2/c26-14-20-8-4-12-27-24(20)28-15-17-5-3-7-19(13-17)25(31)29-23-21(16-30)11-10-18-6-1-2-9-22(18)23/h1-9,12-13,21,23,30H,10-11,15-16H2,(H,27,28)(H,29,31)/t21-,23+/m1/s1. The molecule has 1 amide bonds. The zero-order valence-electron chi connectivity index (χ0n) is 17.1. The first-order valence-corrected chi connectivity index (χ1v) is 10.4. The van der Waals surface area contributed by atoms with Crippen molar-refractivity contribution in [3.8, 4) is 6.07 Å². The summed E-state index contributed by atoms with van der Waals surface area (Å²) in [6.45, 7) is 0.479. The first kappa shape index (κ1) is 20.6. The number of nitrogens with one attached hydrogen (secondary N) is 2. The van der Waals surface area contributed by atoms with Gasteiger partial charge in [-0.3, -0.25) is 4.79 Å². The van der Waals surface area contributed by atoms with Crippen molar-refractivity contribution in [2.75, 3.05) is 11.9 Å². The first-order valence-electron chi connectivity index (χ1n) is 10.4. The van der Waals surface area contributed by atoms with E-state index in [-0.39, 0.29) is 24.5 Å². The summed E-state index contributed by atoms with van der Waals surface area (Å²) in [7, 11) is 0. The molecule has 3 aromatic rings. The highest BCUT2D eigenvalue weighted by Crippen LogP contribution is 2.34. The second-order valence-corrected chi connectivity index (χ2v) is 7.70. The van der Waals surface area contributed by atoms with Gasteiger partial charge in [0.25, 0.3) is 5.91 Å². The number of rotatable bonds is 6. The molecular formula is C25H24N4O2. The molecule has 0 aliphatic heterocycles. The summed E-state index contributed by atoms with van der Waals surface area (Å²) in [6.07, 6.45) is 3.38. The number of hydrogen-bond acceptors (Lipinski definition) is 5. The van der Waals surface area contributed by atoms with Crippen LogP contribution in [-0.4, -0.2) is 22.6 Å². The Hall–Kier alpha value is -3.69. The molecule has 0 unspecified atom stereocenters. The maximum atomic E-state index is 13.0. The fourth-order valence-corrected chi connectivity index (χ4v) is 4.09. The number of aliphatic hydroxyl groups excluding tert-OH is 1. The number of carbonyl (C=O) groups is 1. The smallest absolute Gasteiger partial charge is 0.251 e. The van der Waals surface area contributed by atoms with Crippen molar-refractivity contribution < 1.29 is 9.90 Å². The van der Waals surface area contributed by atoms with Crippen molar-refractivity contribution in [2.24, 2.45) is 5.92 Å². The van der Waals surface area contributed by atoms with Gasteiger partial charge >= 0.3 is 0 Å². The molecule has 0 saturated heterocycles. The van der Waals surface area contributed by atoms with Gasteiger partial charge in [0.15, 0.2) is 0 Å². The van der Waals surface area contributed by atoms with Gasteiger partial charge in [-0.15, -0.1) is 0 Å². The Labute approximate surface area is 181 Å². The van der Waals surface area contributed by atoms with Crippen LogP contribution in [-0.2, 0) is 13.0 Å². The van der Waals surface area contributed by atoms with Crippen molar-refractivity contribution in [1.29, 1.82) is 5.26 Å². The van der Waals surface area contributed by atoms with Gasteiger partial charge in [0, 0.05) is 30.8 Å². The molecule has 0 radical (unpaired) electrons. The molecular weight excluding hydrogens is 388 g/mol. The van der Waals surface area contributed by atoms with Crippen LogP contribution in [0.25, 0.3) is 0 Å². The molecule has 156 valence electrons. The SMILES string of the molecule is N#Cc1cccnc1NCc1cccc(C(=O)N[C@@H]2c3ccccc3CC[C@@H]2CO)c1. The Morgan fingerprint density at radius 1 is 1.16 bits per heavy atom. The number of aryl methyl sites for hydroxylation is 1. The number of benzene rings is 2. The second kappa shape index (κ2) is 9.41. The third kappa shape index (κ3) is 4.57. The van der Waals surface area contributed by atoms with E-state index in [9.17, 15) is 15.2 Å². The first-order chi connectivity index (χ1) is 15.2. The Kier molecular flexibility index (Phi) is 6.25. The third-order valence-corrected chi connectivity index (χ3v) is 5.74. The second-order valence-electron chi connectivity index (χ2n) is 7.70. The van der Waals surface area contributed by atoms with Gasteiger partial charge in [-0.2, -0.15) is 5.26 Å². The molecule has 1 aromatic heterocycles. The number of aliphatic hydroxyl groups is 1. The molecule has 6 heteroatoms. The van der Waals surface area contributed by atoms with Gasteiger partial charge in [-0.25, -0.2) is 4.98 Å². The molecule has 6 nitrogen and oxygen atoms in total. The van der Waals surface area contributed by atoms with E-state index < -0.39 is 0 Å². The van der Waals surface area contributed by atoms with Gasteiger partial charge < -0.3 is 15.7 Å². The van der Waals surface area contributed by atoms with E-state index in [0.29, 0.717) is 23.5 Å². The fraction of sp³-hybridized carbons (Fsp3) is 0.240. The monoisotopic (exact) mass is 412 g/mol. The summed E-state index contributed by atoms with van der Waals surface area (Å²) < 4.78 is 0. The zero-order valence-corrected chi connectivity index (χ0v) is 17.1. The Morgan fingerprint density at radius 2 is 2.03 bits per heavy atom. The molecule has 1 aliphatic rings. The normalized spacial score (nSPS) is 17.3. The highest BCUT2D eigenvalue weighted by atomic mass is 16.3. The topological polar surface area (TPSA) is 98.0 Å². The molecule has 0 fully saturated rings. The number of aromatic nitrogens is 1. The van der Waals surface area contributed by atoms with Crippen molar-refractivity contribution in [1.82, 2.24) is 10.3 Å². The summed E-state index contributed by atoms with van der Waals surface area (Å²) in [5, 5.41) is 25.3. The predicted molar refractivity (Wildman–Crippen MR) is 118 cm³/mol. The van der Waals surface area contributed by atoms with Crippen LogP contribution in [0.5, 0.6) is 0 Å². The molecule has 1 heterocycles. The van der Waals surface area contributed by atoms with Crippen molar-refractivity contribution in [3.63, 3.8) is 0 Å². The molecule has 31 heavy (non-hydrogen) atoms. The Morgan fingerprint density at radius 3 is 2.87 bits per heavy atom. The van der Waals surface area contributed by atoms with E-state index in [0.717, 1.165) is 24.0 Å². The van der Waals surface area contributed by atoms with Crippen LogP contribution in [0, 0.1) is 17.2 Å². The number of hydrogen-bond donors (Lipinski definition) is 3. The summed E-state index contributed by atoms with van der Waals surface area (Å²) in [4.78, 5) is 17.2. The van der Waals surface area contributed by atoms with Gasteiger partial charge in [-0.1, -0.05) is 36.4 Å². The van der Waals surface area contributed by atoms with E-state index in [1.165, 1.54) is 5.56 Å². The molecule has 0 saturated carbocycles. The fourth-order valence-electron chi connectivity index (χ4n) is 4.09. The van der Waals surface area contributed by atoms with Crippen LogP contribution in [0.3, 0.4) is 0 Å². The highest BCUT2D eigenvalue weighted by molar-refractivity contribution is 5.94. The molecule has 2 aromatic carbocycles. The highest BCUT2D eigenvalue weighted by Gasteiger charge is 2.30. The molecule has 0 bridgehead atoms. The van der Waals surface area contributed by atoms with Crippen molar-refractivity contribution in [3.05, 3.63) is 94.7 Å². The average Bonchev–Trinajstić information content (AvgIpc) is 2.83. The summed E-state index contributed by atoms with van der Waals surface area (Å²) in [5.41, 5.74) is 4.24. The van der Waals surface area contributed by atoms with Crippen molar-refractivity contribution in [2.45, 2.75) is 25.4 Å². The maximum Gasteiger partial charge on any atom is 0.251 e. The number of carbonyl (C=O) groups excluding carboxylic acids is 1. The van der Waals surface area contributed by atoms with E-state index in [2.05, 4.69) is 27.8 Å². The van der Waals surface area contributed by atoms with Gasteiger partial charge in [-0.05, 0) is 53.8 Å². The molecule has 2 atom stereocenters. The van der Waals surface area contributed by atoms with E-state index >= 15 is 0 Å². The predicted octanol–water partition coefficient (Wildman–Crippen LogP) is 3.59. The average molecular weight is 412 g/mol. The van der Waals surface area contributed by atoms with Crippen LogP contribution >= 0.6 is 0 Å². The molecule has 3 N–H and O–H groups in total. The number of fused-ring (bicyclic) bond motifs is 1. The summed E-state index contributed by atoms with van der Waals surface area (Å²) in [6, 6.07) is 20.8. The van der Waals surface area contributed by atoms with E-state index in [1.54, 1.807) is 24.4 Å². The van der Waals surface area contributed by atoms with Crippen LogP contribution in [0.4, 0.5) is 5.82 Å². The quantitative estimate of drug-likeness (QED) is 0.575. The van der Waals surface area contributed by atoms with Gasteiger partial charge in [0.2, 0.25) is 0 Å². The number of nitriles is 1.